The number of benzene rings is 2. The quantitative estimate of drug-likeness (QED) is 0.646. The molecule has 0 aliphatic carbocycles. The highest BCUT2D eigenvalue weighted by molar-refractivity contribution is 5.80. The van der Waals surface area contributed by atoms with Crippen LogP contribution in [0.5, 0.6) is 11.5 Å². The SMILES string of the molecule is CN1CCCc2cc3c(cc21)Oc1cc2c(cc1=C3C(F)(F)F)CCC[N+]=2C. The molecule has 3 heterocycles. The standard InChI is InChI=1S/C22H22F3N2O/c1-26-7-3-5-13-9-15-19(11-17(13)26)28-20-12-18-14(6-4-8-27(18)2)10-16(20)21(15)22(23,24)25/h9-12H,3-8H2,1-2H3/q+1. The first-order valence-electron chi connectivity index (χ1n) is 9.72. The molecule has 0 aromatic heterocycles. The number of halogens is 3. The third-order valence-electron chi connectivity index (χ3n) is 6.11. The lowest BCUT2D eigenvalue weighted by molar-refractivity contribution is -0.0698. The van der Waals surface area contributed by atoms with Crippen LogP contribution in [-0.4, -0.2) is 33.4 Å². The minimum atomic E-state index is -4.45. The second-order valence-electron chi connectivity index (χ2n) is 7.98. The van der Waals surface area contributed by atoms with Crippen LogP contribution >= 0.6 is 0 Å². The van der Waals surface area contributed by atoms with E-state index in [1.165, 1.54) is 0 Å². The predicted molar refractivity (Wildman–Crippen MR) is 103 cm³/mol. The zero-order chi connectivity index (χ0) is 19.6. The Balaban J connectivity index is 1.85. The molecule has 3 aliphatic rings. The summed E-state index contributed by atoms with van der Waals surface area (Å²) in [5.41, 5.74) is 2.47. The van der Waals surface area contributed by atoms with Crippen molar-refractivity contribution >= 4 is 11.3 Å². The van der Waals surface area contributed by atoms with Gasteiger partial charge in [0.05, 0.1) is 11.6 Å². The largest absolute Gasteiger partial charge is 0.456 e. The van der Waals surface area contributed by atoms with Gasteiger partial charge >= 0.3 is 6.18 Å². The first-order chi connectivity index (χ1) is 13.3. The minimum Gasteiger partial charge on any atom is -0.456 e. The maximum atomic E-state index is 14.2. The van der Waals surface area contributed by atoms with Gasteiger partial charge in [-0.05, 0) is 37.0 Å². The topological polar surface area (TPSA) is 15.5 Å². The maximum Gasteiger partial charge on any atom is 0.417 e. The van der Waals surface area contributed by atoms with E-state index in [4.69, 9.17) is 4.74 Å². The van der Waals surface area contributed by atoms with E-state index >= 15 is 0 Å². The molecule has 6 heteroatoms. The molecule has 3 aliphatic heterocycles. The van der Waals surface area contributed by atoms with Crippen LogP contribution < -0.4 is 24.8 Å². The van der Waals surface area contributed by atoms with Crippen LogP contribution in [-0.2, 0) is 12.8 Å². The number of hydrogen-bond acceptors (Lipinski definition) is 2. The van der Waals surface area contributed by atoms with Crippen molar-refractivity contribution in [2.24, 2.45) is 0 Å². The molecule has 0 fully saturated rings. The van der Waals surface area contributed by atoms with Crippen molar-refractivity contribution in [2.45, 2.75) is 31.9 Å². The van der Waals surface area contributed by atoms with Crippen molar-refractivity contribution < 1.29 is 17.9 Å². The van der Waals surface area contributed by atoms with Crippen molar-refractivity contribution in [1.82, 2.24) is 4.58 Å². The number of fused-ring (bicyclic) bond motifs is 4. The van der Waals surface area contributed by atoms with Crippen LogP contribution in [0.25, 0.3) is 5.57 Å². The Bertz CT molecular complexity index is 1120. The van der Waals surface area contributed by atoms with E-state index in [-0.39, 0.29) is 10.8 Å². The second kappa shape index (κ2) is 6.00. The highest BCUT2D eigenvalue weighted by Gasteiger charge is 2.40. The number of nitrogens with zero attached hydrogens (tertiary/aromatic N) is 2. The summed E-state index contributed by atoms with van der Waals surface area (Å²) < 4.78 is 50.8. The van der Waals surface area contributed by atoms with Crippen LogP contribution in [0.15, 0.2) is 24.3 Å². The Morgan fingerprint density at radius 1 is 1.00 bits per heavy atom. The van der Waals surface area contributed by atoms with Gasteiger partial charge in [0, 0.05) is 48.1 Å². The van der Waals surface area contributed by atoms with Gasteiger partial charge in [0.15, 0.2) is 0 Å². The summed E-state index contributed by atoms with van der Waals surface area (Å²) in [4.78, 5) is 2.09. The number of aryl methyl sites for hydroxylation is 2. The Morgan fingerprint density at radius 2 is 1.79 bits per heavy atom. The summed E-state index contributed by atoms with van der Waals surface area (Å²) >= 11 is 0. The Kier molecular flexibility index (Phi) is 3.77. The average Bonchev–Trinajstić information content (AvgIpc) is 2.63. The third kappa shape index (κ3) is 2.61. The molecule has 2 aromatic rings. The Labute approximate surface area is 161 Å². The average molecular weight is 387 g/mol. The van der Waals surface area contributed by atoms with Gasteiger partial charge in [-0.15, -0.1) is 0 Å². The van der Waals surface area contributed by atoms with Gasteiger partial charge in [0.2, 0.25) is 5.36 Å². The molecule has 0 bridgehead atoms. The van der Waals surface area contributed by atoms with Gasteiger partial charge in [-0.3, -0.25) is 0 Å². The van der Waals surface area contributed by atoms with Gasteiger partial charge in [0.25, 0.3) is 0 Å². The van der Waals surface area contributed by atoms with Crippen LogP contribution in [0.2, 0.25) is 0 Å². The number of anilines is 1. The fourth-order valence-corrected chi connectivity index (χ4v) is 4.72. The fraction of sp³-hybridized carbons (Fsp3) is 0.409. The highest BCUT2D eigenvalue weighted by atomic mass is 19.4. The van der Waals surface area contributed by atoms with E-state index in [1.807, 2.05) is 14.1 Å². The summed E-state index contributed by atoms with van der Waals surface area (Å²) in [7, 11) is 3.95. The van der Waals surface area contributed by atoms with Crippen LogP contribution in [0, 0.1) is 0 Å². The van der Waals surface area contributed by atoms with E-state index in [1.54, 1.807) is 24.3 Å². The number of rotatable bonds is 0. The molecule has 0 spiro atoms. The molecule has 0 N–H and O–H groups in total. The van der Waals surface area contributed by atoms with Crippen molar-refractivity contribution in [3.05, 3.63) is 51.5 Å². The van der Waals surface area contributed by atoms with Gasteiger partial charge in [-0.2, -0.15) is 13.2 Å². The minimum absolute atomic E-state index is 0.165. The molecule has 28 heavy (non-hydrogen) atoms. The molecule has 0 radical (unpaired) electrons. The Hall–Kier alpha value is -2.50. The molecule has 0 unspecified atom stereocenters. The van der Waals surface area contributed by atoms with Crippen LogP contribution in [0.3, 0.4) is 0 Å². The fourth-order valence-electron chi connectivity index (χ4n) is 4.72. The number of hydrogen-bond donors (Lipinski definition) is 0. The molecular formula is C22H22F3N2O+. The highest BCUT2D eigenvalue weighted by Crippen LogP contribution is 2.44. The summed E-state index contributed by atoms with van der Waals surface area (Å²) in [5.74, 6) is 0.594. The summed E-state index contributed by atoms with van der Waals surface area (Å²) in [6.45, 7) is 1.80. The molecule has 0 atom stereocenters. The van der Waals surface area contributed by atoms with Crippen molar-refractivity contribution in [3.63, 3.8) is 0 Å². The van der Waals surface area contributed by atoms with Crippen molar-refractivity contribution in [3.8, 4) is 11.5 Å². The zero-order valence-corrected chi connectivity index (χ0v) is 16.0. The van der Waals surface area contributed by atoms with E-state index in [9.17, 15) is 13.2 Å². The summed E-state index contributed by atoms with van der Waals surface area (Å²) in [6, 6.07) is 6.94. The number of ether oxygens (including phenoxy) is 1. The maximum absolute atomic E-state index is 14.2. The Morgan fingerprint density at radius 3 is 2.57 bits per heavy atom. The smallest absolute Gasteiger partial charge is 0.417 e. The zero-order valence-electron chi connectivity index (χ0n) is 16.0. The van der Waals surface area contributed by atoms with E-state index in [0.29, 0.717) is 11.5 Å². The summed E-state index contributed by atoms with van der Waals surface area (Å²) in [6.07, 6.45) is -0.974. The first kappa shape index (κ1) is 17.6. The van der Waals surface area contributed by atoms with E-state index < -0.39 is 11.7 Å². The molecule has 0 saturated heterocycles. The van der Waals surface area contributed by atoms with E-state index in [0.717, 1.165) is 60.9 Å². The molecule has 0 amide bonds. The first-order valence-corrected chi connectivity index (χ1v) is 9.72. The molecule has 146 valence electrons. The number of alkyl halides is 3. The van der Waals surface area contributed by atoms with E-state index in [2.05, 4.69) is 9.48 Å². The molecule has 5 rings (SSSR count). The van der Waals surface area contributed by atoms with Gasteiger partial charge < -0.3 is 9.64 Å². The van der Waals surface area contributed by atoms with Gasteiger partial charge in [-0.1, -0.05) is 0 Å². The third-order valence-corrected chi connectivity index (χ3v) is 6.11. The molecular weight excluding hydrogens is 365 g/mol. The normalized spacial score (nSPS) is 18.1. The van der Waals surface area contributed by atoms with Crippen molar-refractivity contribution in [2.75, 3.05) is 32.1 Å². The molecule has 2 aromatic carbocycles. The monoisotopic (exact) mass is 387 g/mol. The molecule has 3 nitrogen and oxygen atoms in total. The lowest BCUT2D eigenvalue weighted by Gasteiger charge is -2.31. The lowest BCUT2D eigenvalue weighted by Crippen LogP contribution is -2.37. The van der Waals surface area contributed by atoms with Gasteiger partial charge in [0.1, 0.15) is 25.1 Å². The van der Waals surface area contributed by atoms with Crippen LogP contribution in [0.1, 0.15) is 29.5 Å². The van der Waals surface area contributed by atoms with Crippen molar-refractivity contribution in [1.29, 1.82) is 0 Å². The second-order valence-corrected chi connectivity index (χ2v) is 7.98. The lowest BCUT2D eigenvalue weighted by atomic mass is 9.91. The molecule has 0 saturated carbocycles. The van der Waals surface area contributed by atoms with Gasteiger partial charge in [-0.25, -0.2) is 4.58 Å². The predicted octanol–water partition coefficient (Wildman–Crippen LogP) is 3.00. The van der Waals surface area contributed by atoms with Crippen LogP contribution in [0.4, 0.5) is 18.9 Å². The summed E-state index contributed by atoms with van der Waals surface area (Å²) in [5, 5.41) is 1.13.